The number of methoxy groups -OCH3 is 1. The number of amides is 1. The first-order valence-corrected chi connectivity index (χ1v) is 7.00. The maximum Gasteiger partial charge on any atom is 0.345 e. The molecule has 0 aliphatic carbocycles. The van der Waals surface area contributed by atoms with E-state index in [-0.39, 0.29) is 16.8 Å². The Morgan fingerprint density at radius 1 is 1.58 bits per heavy atom. The molecule has 0 spiro atoms. The van der Waals surface area contributed by atoms with Crippen molar-refractivity contribution >= 4 is 23.2 Å². The van der Waals surface area contributed by atoms with Crippen molar-refractivity contribution in [2.45, 2.75) is 25.8 Å². The van der Waals surface area contributed by atoms with E-state index in [4.69, 9.17) is 9.84 Å². The summed E-state index contributed by atoms with van der Waals surface area (Å²) in [6.07, 6.45) is 1.91. The zero-order valence-corrected chi connectivity index (χ0v) is 11.8. The van der Waals surface area contributed by atoms with Crippen LogP contribution in [0.15, 0.2) is 6.07 Å². The van der Waals surface area contributed by atoms with Crippen molar-refractivity contribution in [2.75, 3.05) is 20.3 Å². The summed E-state index contributed by atoms with van der Waals surface area (Å²) in [5.74, 6) is -1.07. The van der Waals surface area contributed by atoms with Crippen LogP contribution in [0.5, 0.6) is 0 Å². The Bertz CT molecular complexity index is 497. The third-order valence-electron chi connectivity index (χ3n) is 3.36. The number of hydrogen-bond acceptors (Lipinski definition) is 4. The average molecular weight is 283 g/mol. The molecule has 2 heterocycles. The van der Waals surface area contributed by atoms with Gasteiger partial charge >= 0.3 is 5.97 Å². The summed E-state index contributed by atoms with van der Waals surface area (Å²) in [6.45, 7) is 3.02. The number of carbonyl (C=O) groups is 2. The van der Waals surface area contributed by atoms with E-state index in [9.17, 15) is 9.59 Å². The van der Waals surface area contributed by atoms with Crippen LogP contribution >= 0.6 is 11.3 Å². The van der Waals surface area contributed by atoms with Crippen molar-refractivity contribution in [3.05, 3.63) is 21.4 Å². The summed E-state index contributed by atoms with van der Waals surface area (Å²) < 4.78 is 5.13. The van der Waals surface area contributed by atoms with Gasteiger partial charge in [-0.15, -0.1) is 11.3 Å². The first kappa shape index (κ1) is 14.0. The van der Waals surface area contributed by atoms with Crippen LogP contribution in [0, 0.1) is 6.92 Å². The molecule has 6 heteroatoms. The Labute approximate surface area is 115 Å². The minimum atomic E-state index is -0.984. The highest BCUT2D eigenvalue weighted by Gasteiger charge is 2.31. The Morgan fingerprint density at radius 3 is 2.89 bits per heavy atom. The lowest BCUT2D eigenvalue weighted by molar-refractivity contribution is 0.0630. The minimum absolute atomic E-state index is 0.0826. The molecule has 0 aromatic carbocycles. The fourth-order valence-electron chi connectivity index (χ4n) is 2.42. The largest absolute Gasteiger partial charge is 0.477 e. The lowest BCUT2D eigenvalue weighted by atomic mass is 10.2. The summed E-state index contributed by atoms with van der Waals surface area (Å²) in [4.78, 5) is 26.2. The molecular weight excluding hydrogens is 266 g/mol. The number of ether oxygens (including phenoxy) is 1. The number of aromatic carboxylic acids is 1. The van der Waals surface area contributed by atoms with E-state index in [2.05, 4.69) is 0 Å². The lowest BCUT2D eigenvalue weighted by Crippen LogP contribution is -2.38. The molecule has 1 aliphatic heterocycles. The number of thiophene rings is 1. The number of hydrogen-bond donors (Lipinski definition) is 1. The van der Waals surface area contributed by atoms with Gasteiger partial charge in [-0.2, -0.15) is 0 Å². The van der Waals surface area contributed by atoms with Gasteiger partial charge in [0, 0.05) is 18.5 Å². The predicted octanol–water partition coefficient (Wildman–Crippen LogP) is 2.01. The second-order valence-corrected chi connectivity index (χ2v) is 5.89. The van der Waals surface area contributed by atoms with E-state index in [0.29, 0.717) is 18.7 Å². The zero-order valence-electron chi connectivity index (χ0n) is 11.0. The van der Waals surface area contributed by atoms with Crippen LogP contribution in [0.2, 0.25) is 0 Å². The van der Waals surface area contributed by atoms with Crippen molar-refractivity contribution in [3.63, 3.8) is 0 Å². The fraction of sp³-hybridized carbons (Fsp3) is 0.538. The van der Waals surface area contributed by atoms with Gasteiger partial charge in [-0.25, -0.2) is 4.79 Å². The number of carboxylic acids is 1. The third kappa shape index (κ3) is 2.79. The SMILES string of the molecule is COCC1CCCN1C(=O)c1cc(C(=O)O)sc1C. The maximum absolute atomic E-state index is 12.5. The van der Waals surface area contributed by atoms with Gasteiger partial charge in [-0.05, 0) is 25.8 Å². The van der Waals surface area contributed by atoms with Crippen LogP contribution in [-0.2, 0) is 4.74 Å². The zero-order chi connectivity index (χ0) is 14.0. The first-order chi connectivity index (χ1) is 9.04. The molecule has 2 rings (SSSR count). The highest BCUT2D eigenvalue weighted by molar-refractivity contribution is 7.14. The predicted molar refractivity (Wildman–Crippen MR) is 71.9 cm³/mol. The van der Waals surface area contributed by atoms with Crippen molar-refractivity contribution in [3.8, 4) is 0 Å². The average Bonchev–Trinajstić information content (AvgIpc) is 2.95. The number of carbonyl (C=O) groups excluding carboxylic acids is 1. The molecule has 1 aliphatic rings. The molecule has 1 amide bonds. The Hall–Kier alpha value is -1.40. The highest BCUT2D eigenvalue weighted by atomic mass is 32.1. The van der Waals surface area contributed by atoms with Crippen molar-refractivity contribution in [1.82, 2.24) is 4.90 Å². The quantitative estimate of drug-likeness (QED) is 0.918. The number of rotatable bonds is 4. The molecule has 1 aromatic heterocycles. The molecule has 1 unspecified atom stereocenters. The van der Waals surface area contributed by atoms with E-state index in [1.165, 1.54) is 6.07 Å². The van der Waals surface area contributed by atoms with Crippen LogP contribution in [-0.4, -0.2) is 48.2 Å². The Morgan fingerprint density at radius 2 is 2.32 bits per heavy atom. The Balaban J connectivity index is 2.21. The second kappa shape index (κ2) is 5.71. The van der Waals surface area contributed by atoms with Crippen LogP contribution in [0.3, 0.4) is 0 Å². The molecule has 19 heavy (non-hydrogen) atoms. The van der Waals surface area contributed by atoms with Gasteiger partial charge in [0.25, 0.3) is 5.91 Å². The number of nitrogens with zero attached hydrogens (tertiary/aromatic N) is 1. The fourth-order valence-corrected chi connectivity index (χ4v) is 3.27. The van der Waals surface area contributed by atoms with Gasteiger partial charge < -0.3 is 14.7 Å². The van der Waals surface area contributed by atoms with Crippen LogP contribution in [0.25, 0.3) is 0 Å². The topological polar surface area (TPSA) is 66.8 Å². The van der Waals surface area contributed by atoms with E-state index < -0.39 is 5.97 Å². The van der Waals surface area contributed by atoms with E-state index in [1.807, 2.05) is 0 Å². The first-order valence-electron chi connectivity index (χ1n) is 6.18. The molecular formula is C13H17NO4S. The molecule has 1 N–H and O–H groups in total. The van der Waals surface area contributed by atoms with Crippen molar-refractivity contribution in [2.24, 2.45) is 0 Å². The minimum Gasteiger partial charge on any atom is -0.477 e. The summed E-state index contributed by atoms with van der Waals surface area (Å²) in [5, 5.41) is 8.97. The third-order valence-corrected chi connectivity index (χ3v) is 4.39. The molecule has 1 atom stereocenters. The maximum atomic E-state index is 12.5. The normalized spacial score (nSPS) is 18.8. The summed E-state index contributed by atoms with van der Waals surface area (Å²) in [6, 6.07) is 1.58. The molecule has 0 bridgehead atoms. The van der Waals surface area contributed by atoms with Gasteiger partial charge in [-0.1, -0.05) is 0 Å². The monoisotopic (exact) mass is 283 g/mol. The standard InChI is InChI=1S/C13H17NO4S/c1-8-10(6-11(19-8)13(16)17)12(15)14-5-3-4-9(14)7-18-2/h6,9H,3-5,7H2,1-2H3,(H,16,17). The van der Waals surface area contributed by atoms with Crippen molar-refractivity contribution < 1.29 is 19.4 Å². The second-order valence-electron chi connectivity index (χ2n) is 4.64. The van der Waals surface area contributed by atoms with Crippen LogP contribution in [0.4, 0.5) is 0 Å². The number of aryl methyl sites for hydroxylation is 1. The van der Waals surface area contributed by atoms with Crippen LogP contribution in [0.1, 0.15) is 37.7 Å². The van der Waals surface area contributed by atoms with Crippen LogP contribution < -0.4 is 0 Å². The molecule has 0 radical (unpaired) electrons. The molecule has 5 nitrogen and oxygen atoms in total. The summed E-state index contributed by atoms with van der Waals surface area (Å²) in [7, 11) is 1.62. The number of likely N-dealkylation sites (tertiary alicyclic amines) is 1. The Kier molecular flexibility index (Phi) is 4.21. The van der Waals surface area contributed by atoms with Gasteiger partial charge in [0.15, 0.2) is 0 Å². The summed E-state index contributed by atoms with van der Waals surface area (Å²) in [5.41, 5.74) is 0.505. The number of carboxylic acid groups (broad SMARTS) is 1. The molecule has 1 saturated heterocycles. The van der Waals surface area contributed by atoms with Gasteiger partial charge in [0.2, 0.25) is 0 Å². The van der Waals surface area contributed by atoms with E-state index in [0.717, 1.165) is 29.1 Å². The smallest absolute Gasteiger partial charge is 0.345 e. The lowest BCUT2D eigenvalue weighted by Gasteiger charge is -2.24. The van der Waals surface area contributed by atoms with Gasteiger partial charge in [0.05, 0.1) is 18.2 Å². The van der Waals surface area contributed by atoms with Gasteiger partial charge in [0.1, 0.15) is 4.88 Å². The van der Waals surface area contributed by atoms with Crippen molar-refractivity contribution in [1.29, 1.82) is 0 Å². The molecule has 1 aromatic rings. The van der Waals surface area contributed by atoms with E-state index >= 15 is 0 Å². The summed E-state index contributed by atoms with van der Waals surface area (Å²) >= 11 is 1.15. The van der Waals surface area contributed by atoms with E-state index in [1.54, 1.807) is 18.9 Å². The van der Waals surface area contributed by atoms with Gasteiger partial charge in [-0.3, -0.25) is 4.79 Å². The highest BCUT2D eigenvalue weighted by Crippen LogP contribution is 2.26. The molecule has 104 valence electrons. The molecule has 1 fully saturated rings. The molecule has 0 saturated carbocycles.